The Balaban J connectivity index is 1.49. The van der Waals surface area contributed by atoms with Crippen LogP contribution in [0.4, 0.5) is 0 Å². The van der Waals surface area contributed by atoms with Crippen molar-refractivity contribution in [3.05, 3.63) is 93.5 Å². The molecule has 0 spiro atoms. The first kappa shape index (κ1) is 22.4. The average Bonchev–Trinajstić information content (AvgIpc) is 3.45. The predicted octanol–water partition coefficient (Wildman–Crippen LogP) is 6.44. The molecule has 34 heavy (non-hydrogen) atoms. The van der Waals surface area contributed by atoms with Gasteiger partial charge in [-0.25, -0.2) is 0 Å². The lowest BCUT2D eigenvalue weighted by molar-refractivity contribution is 0.474. The Labute approximate surface area is 209 Å². The third-order valence-corrected chi connectivity index (χ3v) is 5.99. The van der Waals surface area contributed by atoms with Crippen LogP contribution in [0.3, 0.4) is 0 Å². The van der Waals surface area contributed by atoms with Crippen molar-refractivity contribution in [1.29, 1.82) is 0 Å². The second kappa shape index (κ2) is 9.46. The molecule has 170 valence electrons. The van der Waals surface area contributed by atoms with Crippen molar-refractivity contribution in [3.8, 4) is 34.3 Å². The van der Waals surface area contributed by atoms with Gasteiger partial charge in [-0.3, -0.25) is 4.57 Å². The number of nitrogens with zero attached hydrogens (tertiary/aromatic N) is 5. The monoisotopic (exact) mass is 511 g/mol. The smallest absolute Gasteiger partial charge is 0.247 e. The first-order valence-electron chi connectivity index (χ1n) is 10.3. The molecule has 2 heterocycles. The second-order valence-corrected chi connectivity index (χ2v) is 8.65. The maximum atomic E-state index is 9.69. The van der Waals surface area contributed by atoms with Crippen LogP contribution >= 0.6 is 34.8 Å². The van der Waals surface area contributed by atoms with Crippen molar-refractivity contribution in [2.75, 3.05) is 0 Å². The lowest BCUT2D eigenvalue weighted by atomic mass is 10.2. The summed E-state index contributed by atoms with van der Waals surface area (Å²) in [5.41, 5.74) is 2.03. The second-order valence-electron chi connectivity index (χ2n) is 7.40. The Morgan fingerprint density at radius 3 is 2.44 bits per heavy atom. The molecule has 2 aromatic heterocycles. The zero-order valence-corrected chi connectivity index (χ0v) is 19.8. The molecule has 5 rings (SSSR count). The van der Waals surface area contributed by atoms with Crippen molar-refractivity contribution in [2.45, 2.75) is 12.8 Å². The third kappa shape index (κ3) is 4.50. The summed E-state index contributed by atoms with van der Waals surface area (Å²) in [6.45, 7) is 0. The van der Waals surface area contributed by atoms with Crippen LogP contribution in [-0.4, -0.2) is 30.1 Å². The number of benzene rings is 3. The van der Waals surface area contributed by atoms with Crippen LogP contribution in [0.25, 0.3) is 28.5 Å². The van der Waals surface area contributed by atoms with Crippen LogP contribution in [-0.2, 0) is 12.8 Å². The van der Waals surface area contributed by atoms with Crippen LogP contribution in [0.15, 0.2) is 71.1 Å². The number of aryl methyl sites for hydroxylation is 2. The SMILES string of the molecule is Oc1cccc(-c2nnc(CCc3nnc(-c4ccc(Cl)cc4Cl)n3-c3ccccc3Cl)o2)c1. The number of aromatic hydroxyl groups is 1. The van der Waals surface area contributed by atoms with E-state index in [0.29, 0.717) is 62.5 Å². The molecular formula is C24H16Cl3N5O2. The van der Waals surface area contributed by atoms with Gasteiger partial charge in [-0.2, -0.15) is 0 Å². The van der Waals surface area contributed by atoms with E-state index in [1.807, 2.05) is 22.8 Å². The van der Waals surface area contributed by atoms with Gasteiger partial charge >= 0.3 is 0 Å². The van der Waals surface area contributed by atoms with E-state index in [0.717, 1.165) is 5.69 Å². The van der Waals surface area contributed by atoms with Crippen LogP contribution in [0.5, 0.6) is 5.75 Å². The molecule has 0 saturated carbocycles. The van der Waals surface area contributed by atoms with Gasteiger partial charge in [0.05, 0.1) is 15.7 Å². The number of hydrogen-bond donors (Lipinski definition) is 1. The minimum Gasteiger partial charge on any atom is -0.508 e. The molecule has 0 saturated heterocycles. The molecule has 3 aromatic carbocycles. The summed E-state index contributed by atoms with van der Waals surface area (Å²) in [5.74, 6) is 2.06. The Bertz CT molecular complexity index is 1480. The van der Waals surface area contributed by atoms with Gasteiger partial charge in [0, 0.05) is 29.0 Å². The van der Waals surface area contributed by atoms with E-state index in [4.69, 9.17) is 39.2 Å². The molecule has 0 radical (unpaired) electrons. The topological polar surface area (TPSA) is 89.9 Å². The zero-order valence-electron chi connectivity index (χ0n) is 17.5. The van der Waals surface area contributed by atoms with Gasteiger partial charge in [0.2, 0.25) is 11.8 Å². The third-order valence-electron chi connectivity index (χ3n) is 5.12. The summed E-state index contributed by atoms with van der Waals surface area (Å²) >= 11 is 19.1. The summed E-state index contributed by atoms with van der Waals surface area (Å²) in [6.07, 6.45) is 0.869. The van der Waals surface area contributed by atoms with Gasteiger partial charge < -0.3 is 9.52 Å². The number of aromatic nitrogens is 5. The predicted molar refractivity (Wildman–Crippen MR) is 131 cm³/mol. The number of phenols is 1. The van der Waals surface area contributed by atoms with Crippen LogP contribution < -0.4 is 0 Å². The number of phenolic OH excluding ortho intramolecular Hbond substituents is 1. The first-order chi connectivity index (χ1) is 16.5. The van der Waals surface area contributed by atoms with Crippen molar-refractivity contribution < 1.29 is 9.52 Å². The van der Waals surface area contributed by atoms with Gasteiger partial charge in [-0.15, -0.1) is 20.4 Å². The summed E-state index contributed by atoms with van der Waals surface area (Å²) < 4.78 is 7.65. The van der Waals surface area contributed by atoms with Crippen molar-refractivity contribution in [1.82, 2.24) is 25.0 Å². The number of halogens is 3. The molecule has 0 aliphatic carbocycles. The molecule has 0 unspecified atom stereocenters. The van der Waals surface area contributed by atoms with E-state index >= 15 is 0 Å². The largest absolute Gasteiger partial charge is 0.508 e. The van der Waals surface area contributed by atoms with Crippen molar-refractivity contribution in [3.63, 3.8) is 0 Å². The summed E-state index contributed by atoms with van der Waals surface area (Å²) in [6, 6.07) is 19.3. The van der Waals surface area contributed by atoms with Crippen LogP contribution in [0.1, 0.15) is 11.7 Å². The summed E-state index contributed by atoms with van der Waals surface area (Å²) in [7, 11) is 0. The summed E-state index contributed by atoms with van der Waals surface area (Å²) in [5, 5.41) is 28.2. The maximum absolute atomic E-state index is 9.69. The molecule has 0 amide bonds. The van der Waals surface area contributed by atoms with Gasteiger partial charge in [-0.1, -0.05) is 53.0 Å². The Hall–Kier alpha value is -3.39. The highest BCUT2D eigenvalue weighted by Crippen LogP contribution is 2.33. The molecule has 1 N–H and O–H groups in total. The molecule has 0 aliphatic heterocycles. The van der Waals surface area contributed by atoms with Gasteiger partial charge in [0.1, 0.15) is 11.6 Å². The minimum absolute atomic E-state index is 0.124. The fourth-order valence-electron chi connectivity index (χ4n) is 3.54. The van der Waals surface area contributed by atoms with E-state index in [2.05, 4.69) is 20.4 Å². The lowest BCUT2D eigenvalue weighted by Gasteiger charge is -2.13. The Morgan fingerprint density at radius 2 is 1.65 bits per heavy atom. The highest BCUT2D eigenvalue weighted by molar-refractivity contribution is 6.36. The summed E-state index contributed by atoms with van der Waals surface area (Å²) in [4.78, 5) is 0. The lowest BCUT2D eigenvalue weighted by Crippen LogP contribution is -2.06. The van der Waals surface area contributed by atoms with Crippen molar-refractivity contribution in [2.24, 2.45) is 0 Å². The normalized spacial score (nSPS) is 11.1. The van der Waals surface area contributed by atoms with Crippen LogP contribution in [0.2, 0.25) is 15.1 Å². The molecule has 0 bridgehead atoms. The number of hydrogen-bond acceptors (Lipinski definition) is 6. The van der Waals surface area contributed by atoms with E-state index in [1.165, 1.54) is 0 Å². The van der Waals surface area contributed by atoms with E-state index in [9.17, 15) is 5.11 Å². The maximum Gasteiger partial charge on any atom is 0.247 e. The van der Waals surface area contributed by atoms with E-state index < -0.39 is 0 Å². The highest BCUT2D eigenvalue weighted by Gasteiger charge is 2.20. The van der Waals surface area contributed by atoms with Gasteiger partial charge in [-0.05, 0) is 48.5 Å². The molecule has 0 atom stereocenters. The van der Waals surface area contributed by atoms with E-state index in [-0.39, 0.29) is 5.75 Å². The van der Waals surface area contributed by atoms with Crippen LogP contribution in [0, 0.1) is 0 Å². The van der Waals surface area contributed by atoms with Gasteiger partial charge in [0.25, 0.3) is 0 Å². The van der Waals surface area contributed by atoms with E-state index in [1.54, 1.807) is 48.5 Å². The molecule has 0 fully saturated rings. The standard InChI is InChI=1S/C24H16Cl3N5O2/c25-15-8-9-17(19(27)13-15)23-30-28-21(32(23)20-7-2-1-6-18(20)26)10-11-22-29-31-24(34-22)14-4-3-5-16(33)12-14/h1-9,12-13,33H,10-11H2. The quantitative estimate of drug-likeness (QED) is 0.282. The average molecular weight is 513 g/mol. The molecular weight excluding hydrogens is 497 g/mol. The minimum atomic E-state index is 0.124. The zero-order chi connectivity index (χ0) is 23.7. The molecule has 10 heteroatoms. The van der Waals surface area contributed by atoms with Crippen molar-refractivity contribution >= 4 is 34.8 Å². The highest BCUT2D eigenvalue weighted by atomic mass is 35.5. The molecule has 0 aliphatic rings. The Morgan fingerprint density at radius 1 is 0.794 bits per heavy atom. The fraction of sp³-hybridized carbons (Fsp3) is 0.0833. The first-order valence-corrected chi connectivity index (χ1v) is 11.4. The number of para-hydroxylation sites is 1. The van der Waals surface area contributed by atoms with Gasteiger partial charge in [0.15, 0.2) is 5.82 Å². The Kier molecular flexibility index (Phi) is 6.24. The molecule has 5 aromatic rings. The fourth-order valence-corrected chi connectivity index (χ4v) is 4.25. The number of rotatable bonds is 6. The molecule has 7 nitrogen and oxygen atoms in total.